The van der Waals surface area contributed by atoms with Crippen LogP contribution in [-0.2, 0) is 20.9 Å². The van der Waals surface area contributed by atoms with Crippen molar-refractivity contribution in [3.63, 3.8) is 0 Å². The van der Waals surface area contributed by atoms with Gasteiger partial charge in [-0.3, -0.25) is 4.79 Å². The summed E-state index contributed by atoms with van der Waals surface area (Å²) >= 11 is 0. The van der Waals surface area contributed by atoms with Crippen LogP contribution in [0.2, 0.25) is 0 Å². The number of nitriles is 1. The van der Waals surface area contributed by atoms with Gasteiger partial charge >= 0.3 is 5.97 Å². The molecule has 2 aromatic carbocycles. The highest BCUT2D eigenvalue weighted by atomic mass is 16.5. The van der Waals surface area contributed by atoms with Crippen LogP contribution >= 0.6 is 0 Å². The average molecular weight is 387 g/mol. The molecule has 8 nitrogen and oxygen atoms in total. The standard InChI is InChI=1S/C21H17N5O3/c22-12-16-6-8-18(9-7-16)23-20(27)15-29-21(28)11-10-19-14-26(25-24-19)13-17-4-2-1-3-5-17/h1-11,14H,13,15H2,(H,23,27)/b11-10+. The molecular weight excluding hydrogens is 370 g/mol. The number of carbonyl (C=O) groups is 2. The van der Waals surface area contributed by atoms with Crippen molar-refractivity contribution in [2.24, 2.45) is 0 Å². The minimum absolute atomic E-state index is 0.427. The van der Waals surface area contributed by atoms with E-state index < -0.39 is 18.5 Å². The van der Waals surface area contributed by atoms with Crippen LogP contribution in [0.3, 0.4) is 0 Å². The number of aromatic nitrogens is 3. The third-order valence-corrected chi connectivity index (χ3v) is 3.78. The maximum atomic E-state index is 11.8. The summed E-state index contributed by atoms with van der Waals surface area (Å²) in [5.41, 5.74) is 2.58. The van der Waals surface area contributed by atoms with Gasteiger partial charge in [0.1, 0.15) is 5.69 Å². The molecule has 0 spiro atoms. The third-order valence-electron chi connectivity index (χ3n) is 3.78. The van der Waals surface area contributed by atoms with E-state index >= 15 is 0 Å². The van der Waals surface area contributed by atoms with Gasteiger partial charge in [0.25, 0.3) is 5.91 Å². The normalized spacial score (nSPS) is 10.4. The van der Waals surface area contributed by atoms with E-state index in [0.29, 0.717) is 23.5 Å². The second-order valence-electron chi connectivity index (χ2n) is 6.00. The van der Waals surface area contributed by atoms with Crippen LogP contribution in [0.1, 0.15) is 16.8 Å². The lowest BCUT2D eigenvalue weighted by Crippen LogP contribution is -2.20. The summed E-state index contributed by atoms with van der Waals surface area (Å²) in [6.45, 7) is 0.144. The summed E-state index contributed by atoms with van der Waals surface area (Å²) in [5, 5.41) is 19.3. The van der Waals surface area contributed by atoms with Gasteiger partial charge in [0, 0.05) is 11.8 Å². The van der Waals surface area contributed by atoms with Gasteiger partial charge in [0.05, 0.1) is 24.4 Å². The van der Waals surface area contributed by atoms with E-state index in [4.69, 9.17) is 10.00 Å². The van der Waals surface area contributed by atoms with Crippen molar-refractivity contribution in [3.05, 3.63) is 83.7 Å². The van der Waals surface area contributed by atoms with E-state index in [1.165, 1.54) is 12.2 Å². The van der Waals surface area contributed by atoms with E-state index in [1.807, 2.05) is 36.4 Å². The largest absolute Gasteiger partial charge is 0.452 e. The Morgan fingerprint density at radius 3 is 2.62 bits per heavy atom. The molecule has 1 N–H and O–H groups in total. The lowest BCUT2D eigenvalue weighted by molar-refractivity contribution is -0.142. The summed E-state index contributed by atoms with van der Waals surface area (Å²) in [4.78, 5) is 23.6. The number of amides is 1. The lowest BCUT2D eigenvalue weighted by atomic mass is 10.2. The SMILES string of the molecule is N#Cc1ccc(NC(=O)COC(=O)/C=C/c2cn(Cc3ccccc3)nn2)cc1. The highest BCUT2D eigenvalue weighted by Gasteiger charge is 2.06. The highest BCUT2D eigenvalue weighted by molar-refractivity contribution is 5.94. The summed E-state index contributed by atoms with van der Waals surface area (Å²) in [7, 11) is 0. The maximum Gasteiger partial charge on any atom is 0.331 e. The highest BCUT2D eigenvalue weighted by Crippen LogP contribution is 2.08. The van der Waals surface area contributed by atoms with Gasteiger partial charge in [-0.25, -0.2) is 9.48 Å². The molecule has 0 bridgehead atoms. The number of ether oxygens (including phenoxy) is 1. The molecule has 1 amide bonds. The first kappa shape index (κ1) is 19.5. The van der Waals surface area contributed by atoms with Crippen LogP contribution in [0, 0.1) is 11.3 Å². The minimum atomic E-state index is -0.669. The van der Waals surface area contributed by atoms with Gasteiger partial charge in [-0.1, -0.05) is 35.5 Å². The van der Waals surface area contributed by atoms with Crippen LogP contribution in [0.15, 0.2) is 66.9 Å². The van der Waals surface area contributed by atoms with Crippen molar-refractivity contribution >= 4 is 23.6 Å². The van der Waals surface area contributed by atoms with Crippen LogP contribution in [0.4, 0.5) is 5.69 Å². The molecule has 144 valence electrons. The van der Waals surface area contributed by atoms with Crippen LogP contribution in [-0.4, -0.2) is 33.5 Å². The summed E-state index contributed by atoms with van der Waals surface area (Å²) < 4.78 is 6.56. The first-order chi connectivity index (χ1) is 14.1. The average Bonchev–Trinajstić information content (AvgIpc) is 3.19. The fraction of sp³-hybridized carbons (Fsp3) is 0.0952. The maximum absolute atomic E-state index is 11.8. The Hall–Kier alpha value is -4.25. The van der Waals surface area contributed by atoms with Gasteiger partial charge in [-0.2, -0.15) is 5.26 Å². The van der Waals surface area contributed by atoms with E-state index in [9.17, 15) is 9.59 Å². The Bertz CT molecular complexity index is 1050. The monoisotopic (exact) mass is 387 g/mol. The first-order valence-corrected chi connectivity index (χ1v) is 8.71. The fourth-order valence-corrected chi connectivity index (χ4v) is 2.40. The van der Waals surface area contributed by atoms with Gasteiger partial charge < -0.3 is 10.1 Å². The number of hydrogen-bond acceptors (Lipinski definition) is 6. The zero-order valence-corrected chi connectivity index (χ0v) is 15.4. The van der Waals surface area contributed by atoms with Crippen molar-refractivity contribution in [2.45, 2.75) is 6.54 Å². The number of nitrogens with zero attached hydrogens (tertiary/aromatic N) is 4. The third kappa shape index (κ3) is 6.15. The second kappa shape index (κ2) is 9.62. The predicted molar refractivity (Wildman–Crippen MR) is 105 cm³/mol. The molecule has 8 heteroatoms. The van der Waals surface area contributed by atoms with Gasteiger partial charge in [-0.15, -0.1) is 5.10 Å². The van der Waals surface area contributed by atoms with Crippen molar-refractivity contribution in [1.82, 2.24) is 15.0 Å². The Labute approximate surface area is 167 Å². The Morgan fingerprint density at radius 1 is 1.14 bits per heavy atom. The minimum Gasteiger partial charge on any atom is -0.452 e. The lowest BCUT2D eigenvalue weighted by Gasteiger charge is -2.05. The molecule has 0 atom stereocenters. The number of carbonyl (C=O) groups excluding carboxylic acids is 2. The van der Waals surface area contributed by atoms with Crippen molar-refractivity contribution < 1.29 is 14.3 Å². The van der Waals surface area contributed by atoms with Crippen molar-refractivity contribution in [1.29, 1.82) is 5.26 Å². The van der Waals surface area contributed by atoms with E-state index in [1.54, 1.807) is 35.1 Å². The van der Waals surface area contributed by atoms with E-state index in [0.717, 1.165) is 5.56 Å². The molecule has 0 fully saturated rings. The Balaban J connectivity index is 1.44. The zero-order valence-electron chi connectivity index (χ0n) is 15.4. The molecule has 3 aromatic rings. The number of rotatable bonds is 7. The molecule has 3 rings (SSSR count). The quantitative estimate of drug-likeness (QED) is 0.492. The fourth-order valence-electron chi connectivity index (χ4n) is 2.40. The topological polar surface area (TPSA) is 110 Å². The molecule has 0 saturated carbocycles. The van der Waals surface area contributed by atoms with Gasteiger partial charge in [-0.05, 0) is 35.9 Å². The molecule has 1 heterocycles. The molecule has 1 aromatic heterocycles. The number of hydrogen-bond donors (Lipinski definition) is 1. The number of anilines is 1. The van der Waals surface area contributed by atoms with E-state index in [-0.39, 0.29) is 0 Å². The predicted octanol–water partition coefficient (Wildman–Crippen LogP) is 2.39. The molecular formula is C21H17N5O3. The van der Waals surface area contributed by atoms with Gasteiger partial charge in [0.2, 0.25) is 0 Å². The Morgan fingerprint density at radius 2 is 1.90 bits per heavy atom. The molecule has 0 saturated heterocycles. The molecule has 0 aliphatic carbocycles. The van der Waals surface area contributed by atoms with Crippen LogP contribution < -0.4 is 5.32 Å². The summed E-state index contributed by atoms with van der Waals surface area (Å²) in [6, 6.07) is 18.1. The number of esters is 1. The van der Waals surface area contributed by atoms with Crippen molar-refractivity contribution in [3.8, 4) is 6.07 Å². The zero-order chi connectivity index (χ0) is 20.5. The summed E-state index contributed by atoms with van der Waals surface area (Å²) in [5.74, 6) is -1.15. The van der Waals surface area contributed by atoms with E-state index in [2.05, 4.69) is 15.6 Å². The van der Waals surface area contributed by atoms with Crippen molar-refractivity contribution in [2.75, 3.05) is 11.9 Å². The molecule has 0 aliphatic heterocycles. The summed E-state index contributed by atoms with van der Waals surface area (Å²) in [6.07, 6.45) is 4.36. The molecule has 0 radical (unpaired) electrons. The molecule has 0 aliphatic rings. The number of nitrogens with one attached hydrogen (secondary N) is 1. The number of benzene rings is 2. The van der Waals surface area contributed by atoms with Crippen LogP contribution in [0.5, 0.6) is 0 Å². The first-order valence-electron chi connectivity index (χ1n) is 8.71. The molecule has 0 unspecified atom stereocenters. The molecule has 29 heavy (non-hydrogen) atoms. The van der Waals surface area contributed by atoms with Crippen LogP contribution in [0.25, 0.3) is 6.08 Å². The smallest absolute Gasteiger partial charge is 0.331 e. The Kier molecular flexibility index (Phi) is 6.47. The second-order valence-corrected chi connectivity index (χ2v) is 6.00. The van der Waals surface area contributed by atoms with Gasteiger partial charge in [0.15, 0.2) is 6.61 Å².